The van der Waals surface area contributed by atoms with Gasteiger partial charge >= 0.3 is 0 Å². The molecule has 3 aromatic rings. The number of pyridine rings is 1. The molecular formula is C18H19N3. The standard InChI is InChI=1S/C18H19N3/c1-2-4-14(5-3-1)8-11-21-17-7-10-19-12-16(17)15-6-9-20-13-18(15)21/h1-6,9,13,19H,7-8,10-12H2. The van der Waals surface area contributed by atoms with E-state index in [0.717, 1.165) is 32.5 Å². The molecular weight excluding hydrogens is 258 g/mol. The Morgan fingerprint density at radius 2 is 2.05 bits per heavy atom. The van der Waals surface area contributed by atoms with Crippen molar-refractivity contribution >= 4 is 10.9 Å². The molecule has 0 fully saturated rings. The first-order chi connectivity index (χ1) is 10.4. The van der Waals surface area contributed by atoms with Gasteiger partial charge < -0.3 is 9.88 Å². The van der Waals surface area contributed by atoms with Crippen molar-refractivity contribution in [2.75, 3.05) is 6.54 Å². The topological polar surface area (TPSA) is 29.9 Å². The Balaban J connectivity index is 1.74. The summed E-state index contributed by atoms with van der Waals surface area (Å²) in [4.78, 5) is 4.33. The number of aryl methyl sites for hydroxylation is 2. The first-order valence-electron chi connectivity index (χ1n) is 7.62. The van der Waals surface area contributed by atoms with Crippen LogP contribution >= 0.6 is 0 Å². The van der Waals surface area contributed by atoms with E-state index < -0.39 is 0 Å². The van der Waals surface area contributed by atoms with E-state index in [1.54, 1.807) is 0 Å². The summed E-state index contributed by atoms with van der Waals surface area (Å²) in [6, 6.07) is 12.9. The van der Waals surface area contributed by atoms with Gasteiger partial charge in [-0.25, -0.2) is 0 Å². The van der Waals surface area contributed by atoms with E-state index in [-0.39, 0.29) is 0 Å². The SMILES string of the molecule is c1ccc(CCn2c3c(c4ccncc42)CNCC3)cc1. The summed E-state index contributed by atoms with van der Waals surface area (Å²) >= 11 is 0. The second kappa shape index (κ2) is 5.34. The van der Waals surface area contributed by atoms with Gasteiger partial charge in [-0.3, -0.25) is 4.98 Å². The first-order valence-corrected chi connectivity index (χ1v) is 7.62. The van der Waals surface area contributed by atoms with Crippen LogP contribution in [0.4, 0.5) is 0 Å². The average Bonchev–Trinajstić information content (AvgIpc) is 2.88. The van der Waals surface area contributed by atoms with E-state index in [1.807, 2.05) is 12.4 Å². The second-order valence-electron chi connectivity index (χ2n) is 5.63. The van der Waals surface area contributed by atoms with Crippen LogP contribution in [-0.4, -0.2) is 16.1 Å². The maximum atomic E-state index is 4.33. The molecule has 106 valence electrons. The van der Waals surface area contributed by atoms with Gasteiger partial charge in [0.2, 0.25) is 0 Å². The zero-order chi connectivity index (χ0) is 14.1. The molecule has 0 amide bonds. The summed E-state index contributed by atoms with van der Waals surface area (Å²) in [6.07, 6.45) is 6.09. The van der Waals surface area contributed by atoms with Gasteiger partial charge in [-0.1, -0.05) is 30.3 Å². The Kier molecular flexibility index (Phi) is 3.20. The Bertz CT molecular complexity index is 759. The zero-order valence-corrected chi connectivity index (χ0v) is 12.0. The summed E-state index contributed by atoms with van der Waals surface area (Å²) in [5, 5.41) is 4.85. The highest BCUT2D eigenvalue weighted by Gasteiger charge is 2.19. The van der Waals surface area contributed by atoms with Crippen LogP contribution in [0.1, 0.15) is 16.8 Å². The van der Waals surface area contributed by atoms with Crippen molar-refractivity contribution in [3.63, 3.8) is 0 Å². The third-order valence-electron chi connectivity index (χ3n) is 4.40. The number of rotatable bonds is 3. The van der Waals surface area contributed by atoms with Crippen molar-refractivity contribution in [2.24, 2.45) is 0 Å². The molecule has 4 rings (SSSR count). The lowest BCUT2D eigenvalue weighted by atomic mass is 10.1. The third-order valence-corrected chi connectivity index (χ3v) is 4.40. The fourth-order valence-electron chi connectivity index (χ4n) is 3.36. The summed E-state index contributed by atoms with van der Waals surface area (Å²) in [7, 11) is 0. The Hall–Kier alpha value is -2.13. The molecule has 0 bridgehead atoms. The Morgan fingerprint density at radius 3 is 2.95 bits per heavy atom. The van der Waals surface area contributed by atoms with Gasteiger partial charge in [0.1, 0.15) is 0 Å². The quantitative estimate of drug-likeness (QED) is 0.797. The van der Waals surface area contributed by atoms with Crippen LogP contribution < -0.4 is 5.32 Å². The van der Waals surface area contributed by atoms with Gasteiger partial charge in [0, 0.05) is 43.3 Å². The number of aromatic nitrogens is 2. The lowest BCUT2D eigenvalue weighted by molar-refractivity contribution is 0.594. The summed E-state index contributed by atoms with van der Waals surface area (Å²) in [5.41, 5.74) is 5.63. The highest BCUT2D eigenvalue weighted by atomic mass is 15.0. The molecule has 0 spiro atoms. The van der Waals surface area contributed by atoms with Crippen molar-refractivity contribution in [1.82, 2.24) is 14.9 Å². The molecule has 0 unspecified atom stereocenters. The molecule has 2 aromatic heterocycles. The first kappa shape index (κ1) is 12.6. The highest BCUT2D eigenvalue weighted by molar-refractivity contribution is 5.85. The second-order valence-corrected chi connectivity index (χ2v) is 5.63. The van der Waals surface area contributed by atoms with Gasteiger partial charge in [-0.05, 0) is 23.6 Å². The number of hydrogen-bond acceptors (Lipinski definition) is 2. The number of fused-ring (bicyclic) bond motifs is 3. The smallest absolute Gasteiger partial charge is 0.0672 e. The van der Waals surface area contributed by atoms with Gasteiger partial charge in [0.25, 0.3) is 0 Å². The van der Waals surface area contributed by atoms with Crippen molar-refractivity contribution < 1.29 is 0 Å². The Labute approximate surface area is 124 Å². The molecule has 0 aliphatic carbocycles. The lowest BCUT2D eigenvalue weighted by Crippen LogP contribution is -2.24. The highest BCUT2D eigenvalue weighted by Crippen LogP contribution is 2.28. The molecule has 0 atom stereocenters. The largest absolute Gasteiger partial charge is 0.343 e. The minimum absolute atomic E-state index is 0.980. The summed E-state index contributed by atoms with van der Waals surface area (Å²) in [5.74, 6) is 0. The average molecular weight is 277 g/mol. The summed E-state index contributed by atoms with van der Waals surface area (Å²) in [6.45, 7) is 3.08. The van der Waals surface area contributed by atoms with Gasteiger partial charge in [0.15, 0.2) is 0 Å². The maximum absolute atomic E-state index is 4.33. The van der Waals surface area contributed by atoms with Crippen molar-refractivity contribution in [1.29, 1.82) is 0 Å². The molecule has 1 N–H and O–H groups in total. The van der Waals surface area contributed by atoms with Crippen molar-refractivity contribution in [3.8, 4) is 0 Å². The number of nitrogens with one attached hydrogen (secondary N) is 1. The van der Waals surface area contributed by atoms with Crippen molar-refractivity contribution in [2.45, 2.75) is 25.9 Å². The van der Waals surface area contributed by atoms with E-state index in [9.17, 15) is 0 Å². The molecule has 3 heteroatoms. The molecule has 3 nitrogen and oxygen atoms in total. The van der Waals surface area contributed by atoms with Crippen LogP contribution in [0.5, 0.6) is 0 Å². The van der Waals surface area contributed by atoms with Crippen LogP contribution in [0.2, 0.25) is 0 Å². The number of benzene rings is 1. The minimum atomic E-state index is 0.980. The number of nitrogens with zero attached hydrogens (tertiary/aromatic N) is 2. The zero-order valence-electron chi connectivity index (χ0n) is 12.0. The van der Waals surface area contributed by atoms with Crippen LogP contribution in [0.15, 0.2) is 48.8 Å². The van der Waals surface area contributed by atoms with Crippen LogP contribution in [0, 0.1) is 0 Å². The van der Waals surface area contributed by atoms with E-state index in [4.69, 9.17) is 0 Å². The number of hydrogen-bond donors (Lipinski definition) is 1. The predicted octanol–water partition coefficient (Wildman–Crippen LogP) is 2.92. The van der Waals surface area contributed by atoms with Crippen LogP contribution in [-0.2, 0) is 25.9 Å². The lowest BCUT2D eigenvalue weighted by Gasteiger charge is -2.17. The minimum Gasteiger partial charge on any atom is -0.343 e. The Morgan fingerprint density at radius 1 is 1.14 bits per heavy atom. The molecule has 1 aliphatic rings. The van der Waals surface area contributed by atoms with Crippen LogP contribution in [0.3, 0.4) is 0 Å². The molecule has 3 heterocycles. The molecule has 1 aromatic carbocycles. The maximum Gasteiger partial charge on any atom is 0.0672 e. The molecule has 0 radical (unpaired) electrons. The normalized spacial score (nSPS) is 14.3. The molecule has 1 aliphatic heterocycles. The van der Waals surface area contributed by atoms with E-state index >= 15 is 0 Å². The van der Waals surface area contributed by atoms with Crippen LogP contribution in [0.25, 0.3) is 10.9 Å². The van der Waals surface area contributed by atoms with Gasteiger partial charge in [-0.15, -0.1) is 0 Å². The van der Waals surface area contributed by atoms with Gasteiger partial charge in [0.05, 0.1) is 11.7 Å². The molecule has 0 saturated carbocycles. The monoisotopic (exact) mass is 277 g/mol. The fourth-order valence-corrected chi connectivity index (χ4v) is 3.36. The van der Waals surface area contributed by atoms with Crippen molar-refractivity contribution in [3.05, 3.63) is 65.6 Å². The van der Waals surface area contributed by atoms with E-state index in [1.165, 1.54) is 27.7 Å². The molecule has 0 saturated heterocycles. The fraction of sp³-hybridized carbons (Fsp3) is 0.278. The van der Waals surface area contributed by atoms with E-state index in [0.29, 0.717) is 0 Å². The summed E-state index contributed by atoms with van der Waals surface area (Å²) < 4.78 is 2.48. The van der Waals surface area contributed by atoms with Gasteiger partial charge in [-0.2, -0.15) is 0 Å². The van der Waals surface area contributed by atoms with E-state index in [2.05, 4.69) is 51.3 Å². The predicted molar refractivity (Wildman–Crippen MR) is 85.3 cm³/mol. The molecule has 21 heavy (non-hydrogen) atoms. The third kappa shape index (κ3) is 2.24.